The third kappa shape index (κ3) is 4.21. The Morgan fingerprint density at radius 2 is 2.00 bits per heavy atom. The van der Waals surface area contributed by atoms with Crippen molar-refractivity contribution in [2.24, 2.45) is 0 Å². The summed E-state index contributed by atoms with van der Waals surface area (Å²) in [6.07, 6.45) is 2.34. The molecule has 0 aliphatic heterocycles. The molecule has 2 aromatic carbocycles. The van der Waals surface area contributed by atoms with E-state index in [1.54, 1.807) is 13.4 Å². The van der Waals surface area contributed by atoms with Gasteiger partial charge in [0.1, 0.15) is 5.58 Å². The van der Waals surface area contributed by atoms with Crippen LogP contribution in [0.2, 0.25) is 0 Å². The van der Waals surface area contributed by atoms with Gasteiger partial charge in [-0.2, -0.15) is 0 Å². The van der Waals surface area contributed by atoms with E-state index < -0.39 is 5.97 Å². The van der Waals surface area contributed by atoms with Gasteiger partial charge in [0.05, 0.1) is 12.7 Å². The van der Waals surface area contributed by atoms with Crippen molar-refractivity contribution in [3.63, 3.8) is 0 Å². The molecule has 0 radical (unpaired) electrons. The molecule has 1 N–H and O–H groups in total. The van der Waals surface area contributed by atoms with Crippen molar-refractivity contribution in [3.05, 3.63) is 48.2 Å². The van der Waals surface area contributed by atoms with E-state index in [-0.39, 0.29) is 18.9 Å². The van der Waals surface area contributed by atoms with Crippen LogP contribution in [0.4, 0.5) is 0 Å². The lowest BCUT2D eigenvalue weighted by molar-refractivity contribution is -0.147. The molecule has 1 aromatic heterocycles. The molecular formula is C20H21NO5. The molecule has 3 aromatic rings. The summed E-state index contributed by atoms with van der Waals surface area (Å²) in [7, 11) is 1.60. The quantitative estimate of drug-likeness (QED) is 0.497. The highest BCUT2D eigenvalue weighted by atomic mass is 16.5. The number of nitrogens with one attached hydrogen (secondary N) is 1. The molecule has 6 nitrogen and oxygen atoms in total. The molecule has 0 bridgehead atoms. The zero-order chi connectivity index (χ0) is 18.4. The molecule has 0 fully saturated rings. The monoisotopic (exact) mass is 355 g/mol. The summed E-state index contributed by atoms with van der Waals surface area (Å²) in [5, 5.41) is 5.68. The molecule has 6 heteroatoms. The summed E-state index contributed by atoms with van der Waals surface area (Å²) >= 11 is 0. The minimum Gasteiger partial charge on any atom is -0.464 e. The van der Waals surface area contributed by atoms with Gasteiger partial charge in [0.2, 0.25) is 0 Å². The van der Waals surface area contributed by atoms with E-state index in [0.29, 0.717) is 19.6 Å². The van der Waals surface area contributed by atoms with Gasteiger partial charge in [0, 0.05) is 31.2 Å². The van der Waals surface area contributed by atoms with Crippen LogP contribution in [0.3, 0.4) is 0 Å². The predicted octanol–water partition coefficient (Wildman–Crippen LogP) is 2.82. The van der Waals surface area contributed by atoms with E-state index >= 15 is 0 Å². The molecule has 26 heavy (non-hydrogen) atoms. The first-order valence-corrected chi connectivity index (χ1v) is 8.48. The molecule has 0 atom stereocenters. The number of furan rings is 1. The zero-order valence-corrected chi connectivity index (χ0v) is 14.6. The Bertz CT molecular complexity index is 915. The van der Waals surface area contributed by atoms with Crippen LogP contribution < -0.4 is 5.32 Å². The van der Waals surface area contributed by atoms with Crippen LogP contribution in [-0.2, 0) is 25.5 Å². The number of rotatable bonds is 8. The minimum absolute atomic E-state index is 0.0535. The summed E-state index contributed by atoms with van der Waals surface area (Å²) in [6.45, 7) is 0.770. The Balaban J connectivity index is 1.61. The third-order valence-electron chi connectivity index (χ3n) is 4.09. The Kier molecular flexibility index (Phi) is 5.86. The maximum atomic E-state index is 12.1. The van der Waals surface area contributed by atoms with E-state index in [1.807, 2.05) is 36.4 Å². The van der Waals surface area contributed by atoms with Gasteiger partial charge in [-0.25, -0.2) is 0 Å². The lowest BCUT2D eigenvalue weighted by Crippen LogP contribution is -2.30. The Labute approximate surface area is 151 Å². The number of hydrogen-bond donors (Lipinski definition) is 1. The minimum atomic E-state index is -0.465. The molecule has 0 aliphatic rings. The van der Waals surface area contributed by atoms with Crippen molar-refractivity contribution in [1.29, 1.82) is 0 Å². The van der Waals surface area contributed by atoms with Gasteiger partial charge >= 0.3 is 5.97 Å². The highest BCUT2D eigenvalue weighted by Crippen LogP contribution is 2.30. The van der Waals surface area contributed by atoms with Crippen LogP contribution in [-0.4, -0.2) is 38.7 Å². The van der Waals surface area contributed by atoms with Gasteiger partial charge in [0.25, 0.3) is 5.91 Å². The fourth-order valence-electron chi connectivity index (χ4n) is 2.85. The first kappa shape index (κ1) is 17.9. The number of carbonyl (C=O) groups excluding carboxylic acids is 2. The van der Waals surface area contributed by atoms with Gasteiger partial charge < -0.3 is 19.2 Å². The fourth-order valence-corrected chi connectivity index (χ4v) is 2.85. The highest BCUT2D eigenvalue weighted by Gasteiger charge is 2.15. The second kappa shape index (κ2) is 8.49. The van der Waals surface area contributed by atoms with Crippen molar-refractivity contribution in [3.8, 4) is 0 Å². The smallest absolute Gasteiger partial charge is 0.310 e. The lowest BCUT2D eigenvalue weighted by Gasteiger charge is -2.06. The number of methoxy groups -OCH3 is 1. The van der Waals surface area contributed by atoms with Crippen molar-refractivity contribution >= 4 is 33.6 Å². The fraction of sp³-hybridized carbons (Fsp3) is 0.300. The Hall–Kier alpha value is -2.86. The number of hydrogen-bond acceptors (Lipinski definition) is 5. The van der Waals surface area contributed by atoms with Crippen LogP contribution in [0, 0.1) is 0 Å². The zero-order valence-electron chi connectivity index (χ0n) is 14.6. The second-order valence-electron chi connectivity index (χ2n) is 5.95. The number of carbonyl (C=O) groups is 2. The van der Waals surface area contributed by atoms with Crippen molar-refractivity contribution in [2.75, 3.05) is 26.9 Å². The van der Waals surface area contributed by atoms with Gasteiger partial charge in [-0.05, 0) is 23.3 Å². The summed E-state index contributed by atoms with van der Waals surface area (Å²) < 4.78 is 15.5. The molecular weight excluding hydrogens is 334 g/mol. The van der Waals surface area contributed by atoms with Crippen LogP contribution in [0.15, 0.2) is 47.1 Å². The first-order valence-electron chi connectivity index (χ1n) is 8.48. The summed E-state index contributed by atoms with van der Waals surface area (Å²) in [5.74, 6) is -0.787. The van der Waals surface area contributed by atoms with Crippen LogP contribution >= 0.6 is 0 Å². The predicted molar refractivity (Wildman–Crippen MR) is 97.9 cm³/mol. The van der Waals surface area contributed by atoms with Crippen molar-refractivity contribution < 1.29 is 23.5 Å². The molecule has 0 aliphatic carbocycles. The van der Waals surface area contributed by atoms with Gasteiger partial charge in [-0.15, -0.1) is 0 Å². The van der Waals surface area contributed by atoms with Crippen molar-refractivity contribution in [1.82, 2.24) is 5.32 Å². The number of amides is 1. The van der Waals surface area contributed by atoms with Gasteiger partial charge in [-0.3, -0.25) is 9.59 Å². The number of benzene rings is 2. The number of ether oxygens (including phenoxy) is 2. The van der Waals surface area contributed by atoms with Gasteiger partial charge in [-0.1, -0.05) is 30.3 Å². The lowest BCUT2D eigenvalue weighted by atomic mass is 10.0. The van der Waals surface area contributed by atoms with E-state index in [4.69, 9.17) is 13.9 Å². The largest absolute Gasteiger partial charge is 0.464 e. The number of fused-ring (bicyclic) bond motifs is 3. The molecule has 0 saturated heterocycles. The third-order valence-corrected chi connectivity index (χ3v) is 4.09. The van der Waals surface area contributed by atoms with Crippen molar-refractivity contribution in [2.45, 2.75) is 12.8 Å². The molecule has 136 valence electrons. The summed E-state index contributed by atoms with van der Waals surface area (Å²) in [6, 6.07) is 11.8. The summed E-state index contributed by atoms with van der Waals surface area (Å²) in [4.78, 5) is 23.8. The number of esters is 1. The highest BCUT2D eigenvalue weighted by molar-refractivity contribution is 6.08. The normalized spacial score (nSPS) is 11.0. The molecule has 1 amide bonds. The van der Waals surface area contributed by atoms with Crippen LogP contribution in [0.25, 0.3) is 21.7 Å². The van der Waals surface area contributed by atoms with E-state index in [0.717, 1.165) is 27.3 Å². The SMILES string of the molecule is COCCCNC(=O)COC(=O)Cc1coc2ccc3ccccc3c12. The maximum Gasteiger partial charge on any atom is 0.310 e. The van der Waals surface area contributed by atoms with Crippen LogP contribution in [0.1, 0.15) is 12.0 Å². The Morgan fingerprint density at radius 1 is 1.15 bits per heavy atom. The topological polar surface area (TPSA) is 77.8 Å². The first-order chi connectivity index (χ1) is 12.7. The van der Waals surface area contributed by atoms with Gasteiger partial charge in [0.15, 0.2) is 6.61 Å². The second-order valence-corrected chi connectivity index (χ2v) is 5.95. The molecule has 0 unspecified atom stereocenters. The molecule has 0 spiro atoms. The maximum absolute atomic E-state index is 12.1. The molecule has 0 saturated carbocycles. The Morgan fingerprint density at radius 3 is 2.85 bits per heavy atom. The van der Waals surface area contributed by atoms with E-state index in [9.17, 15) is 9.59 Å². The average molecular weight is 355 g/mol. The standard InChI is InChI=1S/C20H21NO5/c1-24-10-4-9-21-18(22)13-26-19(23)11-15-12-25-17-8-7-14-5-2-3-6-16(14)20(15)17/h2-3,5-8,12H,4,9-11,13H2,1H3,(H,21,22). The molecule has 3 rings (SSSR count). The van der Waals surface area contributed by atoms with E-state index in [1.165, 1.54) is 0 Å². The van der Waals surface area contributed by atoms with E-state index in [2.05, 4.69) is 5.32 Å². The average Bonchev–Trinajstić information content (AvgIpc) is 3.07. The summed E-state index contributed by atoms with van der Waals surface area (Å²) in [5.41, 5.74) is 1.48. The van der Waals surface area contributed by atoms with Crippen LogP contribution in [0.5, 0.6) is 0 Å². The molecule has 1 heterocycles.